The number of fused-ring (bicyclic) bond motifs is 1. The van der Waals surface area contributed by atoms with Crippen LogP contribution in [0.4, 0.5) is 31.1 Å². The van der Waals surface area contributed by atoms with Crippen molar-refractivity contribution in [1.82, 2.24) is 14.8 Å². The number of piperidine rings is 1. The predicted molar refractivity (Wildman–Crippen MR) is 131 cm³/mol. The zero-order valence-corrected chi connectivity index (χ0v) is 21.5. The number of carbonyl (C=O) groups excluding carboxylic acids is 1. The first-order valence-electron chi connectivity index (χ1n) is 12.2. The van der Waals surface area contributed by atoms with Gasteiger partial charge in [-0.3, -0.25) is 4.90 Å². The molecule has 0 N–H and O–H groups in total. The lowest BCUT2D eigenvalue weighted by Crippen LogP contribution is -2.36. The molecule has 40 heavy (non-hydrogen) atoms. The van der Waals surface area contributed by atoms with Gasteiger partial charge in [0.2, 0.25) is 5.88 Å². The first-order chi connectivity index (χ1) is 18.9. The van der Waals surface area contributed by atoms with Crippen LogP contribution in [0.2, 0.25) is 0 Å². The Balaban J connectivity index is 1.22. The number of benzene rings is 2. The van der Waals surface area contributed by atoms with Crippen molar-refractivity contribution in [3.05, 3.63) is 70.5 Å². The molecular formula is C26H23F6N3O4S. The number of amides is 1. The summed E-state index contributed by atoms with van der Waals surface area (Å²) in [6, 6.07) is 11.4. The van der Waals surface area contributed by atoms with Crippen LogP contribution >= 0.6 is 11.3 Å². The first-order valence-corrected chi connectivity index (χ1v) is 13.1. The lowest BCUT2D eigenvalue weighted by molar-refractivity contribution is -0.275. The third-order valence-corrected chi connectivity index (χ3v) is 7.40. The molecule has 2 fully saturated rings. The third-order valence-electron chi connectivity index (χ3n) is 6.84. The van der Waals surface area contributed by atoms with Crippen molar-refractivity contribution in [2.75, 3.05) is 19.6 Å². The van der Waals surface area contributed by atoms with E-state index < -0.39 is 24.6 Å². The molecule has 3 aromatic rings. The van der Waals surface area contributed by atoms with Crippen molar-refractivity contribution in [3.8, 4) is 17.4 Å². The van der Waals surface area contributed by atoms with Crippen LogP contribution in [0.5, 0.6) is 17.4 Å². The van der Waals surface area contributed by atoms with E-state index in [4.69, 9.17) is 4.74 Å². The van der Waals surface area contributed by atoms with E-state index in [0.29, 0.717) is 30.8 Å². The molecule has 0 bridgehead atoms. The molecule has 0 radical (unpaired) electrons. The highest BCUT2D eigenvalue weighted by molar-refractivity contribution is 7.07. The Kier molecular flexibility index (Phi) is 7.82. The van der Waals surface area contributed by atoms with Gasteiger partial charge in [0.1, 0.15) is 11.5 Å². The van der Waals surface area contributed by atoms with E-state index in [9.17, 15) is 31.1 Å². The van der Waals surface area contributed by atoms with Gasteiger partial charge in [-0.15, -0.1) is 37.7 Å². The van der Waals surface area contributed by atoms with E-state index in [1.807, 2.05) is 4.90 Å². The number of ether oxygens (including phenoxy) is 3. The number of hydrogen-bond acceptors (Lipinski definition) is 7. The summed E-state index contributed by atoms with van der Waals surface area (Å²) >= 11 is 1.24. The zero-order chi connectivity index (χ0) is 28.5. The number of rotatable bonds is 9. The molecule has 214 valence electrons. The quantitative estimate of drug-likeness (QED) is 0.273. The molecule has 1 saturated heterocycles. The molecular weight excluding hydrogens is 564 g/mol. The standard InChI is InChI=1S/C26H23F6N3O4S/c27-25(28,29)38-18-6-3-4-16(8-18)9-35(24(36)37-23-14-40-15-33-23)13-21-19-11-34(12-20(19)21)10-17-5-1-2-7-22(17)39-26(30,31)32/h1-8,14-15,19-21H,9-13H2. The molecule has 1 aliphatic heterocycles. The number of alkyl halides is 6. The van der Waals surface area contributed by atoms with Crippen LogP contribution in [-0.4, -0.2) is 53.2 Å². The predicted octanol–water partition coefficient (Wildman–Crippen LogP) is 6.32. The van der Waals surface area contributed by atoms with Crippen LogP contribution in [0.1, 0.15) is 11.1 Å². The monoisotopic (exact) mass is 587 g/mol. The van der Waals surface area contributed by atoms with Gasteiger partial charge in [0.05, 0.1) is 10.9 Å². The number of halogens is 6. The van der Waals surface area contributed by atoms with Crippen molar-refractivity contribution in [2.45, 2.75) is 25.8 Å². The summed E-state index contributed by atoms with van der Waals surface area (Å²) in [6.45, 7) is 1.82. The Labute approximate surface area is 228 Å². The van der Waals surface area contributed by atoms with E-state index in [1.165, 1.54) is 52.1 Å². The van der Waals surface area contributed by atoms with E-state index in [2.05, 4.69) is 14.5 Å². The number of thiazole rings is 1. The maximum atomic E-state index is 13.0. The summed E-state index contributed by atoms with van der Waals surface area (Å²) in [7, 11) is 0. The molecule has 0 spiro atoms. The molecule has 2 heterocycles. The van der Waals surface area contributed by atoms with Crippen LogP contribution in [0, 0.1) is 17.8 Å². The van der Waals surface area contributed by atoms with Gasteiger partial charge in [0.15, 0.2) is 0 Å². The van der Waals surface area contributed by atoms with Crippen molar-refractivity contribution >= 4 is 17.4 Å². The maximum absolute atomic E-state index is 13.0. The number of aromatic nitrogens is 1. The smallest absolute Gasteiger partial charge is 0.406 e. The SMILES string of the molecule is O=C(Oc1cscn1)N(Cc1cccc(OC(F)(F)F)c1)CC1C2CN(Cc3ccccc3OC(F)(F)F)CC21. The molecule has 1 amide bonds. The minimum absolute atomic E-state index is 0.0140. The van der Waals surface area contributed by atoms with Crippen molar-refractivity contribution < 1.29 is 45.3 Å². The zero-order valence-electron chi connectivity index (χ0n) is 20.7. The van der Waals surface area contributed by atoms with E-state index in [0.717, 1.165) is 0 Å². The number of carbonyl (C=O) groups is 1. The lowest BCUT2D eigenvalue weighted by Gasteiger charge is -2.25. The highest BCUT2D eigenvalue weighted by atomic mass is 32.1. The van der Waals surface area contributed by atoms with Crippen molar-refractivity contribution in [1.29, 1.82) is 0 Å². The molecule has 7 nitrogen and oxygen atoms in total. The summed E-state index contributed by atoms with van der Waals surface area (Å²) in [5, 5.41) is 1.55. The van der Waals surface area contributed by atoms with E-state index in [1.54, 1.807) is 23.6 Å². The molecule has 5 rings (SSSR count). The third kappa shape index (κ3) is 7.36. The second kappa shape index (κ2) is 11.2. The Hall–Kier alpha value is -3.52. The fraction of sp³-hybridized carbons (Fsp3) is 0.385. The Morgan fingerprint density at radius 3 is 2.40 bits per heavy atom. The summed E-state index contributed by atoms with van der Waals surface area (Å²) < 4.78 is 89.9. The van der Waals surface area contributed by atoms with E-state index in [-0.39, 0.29) is 42.5 Å². The topological polar surface area (TPSA) is 64.1 Å². The van der Waals surface area contributed by atoms with Gasteiger partial charge in [0.25, 0.3) is 0 Å². The second-order valence-corrected chi connectivity index (χ2v) is 10.3. The van der Waals surface area contributed by atoms with Crippen LogP contribution in [0.25, 0.3) is 0 Å². The average molecular weight is 588 g/mol. The van der Waals surface area contributed by atoms with Gasteiger partial charge in [-0.25, -0.2) is 9.78 Å². The van der Waals surface area contributed by atoms with Gasteiger partial charge in [-0.2, -0.15) is 0 Å². The van der Waals surface area contributed by atoms with Crippen LogP contribution in [0.3, 0.4) is 0 Å². The fourth-order valence-corrected chi connectivity index (χ4v) is 5.61. The average Bonchev–Trinajstić information content (AvgIpc) is 3.20. The summed E-state index contributed by atoms with van der Waals surface area (Å²) in [5.74, 6) is 0.0215. The normalized spacial score (nSPS) is 20.6. The largest absolute Gasteiger partial charge is 0.573 e. The Morgan fingerprint density at radius 1 is 1.00 bits per heavy atom. The van der Waals surface area contributed by atoms with Crippen LogP contribution < -0.4 is 14.2 Å². The molecule has 2 atom stereocenters. The highest BCUT2D eigenvalue weighted by Crippen LogP contribution is 2.52. The van der Waals surface area contributed by atoms with Crippen LogP contribution in [-0.2, 0) is 13.1 Å². The minimum Gasteiger partial charge on any atom is -0.406 e. The Bertz CT molecular complexity index is 1310. The van der Waals surface area contributed by atoms with Crippen LogP contribution in [0.15, 0.2) is 59.4 Å². The number of hydrogen-bond donors (Lipinski definition) is 0. The van der Waals surface area contributed by atoms with E-state index >= 15 is 0 Å². The van der Waals surface area contributed by atoms with Crippen molar-refractivity contribution in [3.63, 3.8) is 0 Å². The minimum atomic E-state index is -4.85. The molecule has 1 saturated carbocycles. The summed E-state index contributed by atoms with van der Waals surface area (Å²) in [5.41, 5.74) is 2.35. The van der Waals surface area contributed by atoms with Crippen molar-refractivity contribution in [2.24, 2.45) is 17.8 Å². The molecule has 2 aromatic carbocycles. The summed E-state index contributed by atoms with van der Waals surface area (Å²) in [6.07, 6.45) is -10.3. The molecule has 2 unspecified atom stereocenters. The molecule has 2 aliphatic rings. The van der Waals surface area contributed by atoms with Gasteiger partial charge >= 0.3 is 18.8 Å². The first kappa shape index (κ1) is 28.0. The highest BCUT2D eigenvalue weighted by Gasteiger charge is 2.56. The molecule has 1 aliphatic carbocycles. The maximum Gasteiger partial charge on any atom is 0.573 e. The van der Waals surface area contributed by atoms with Gasteiger partial charge in [-0.05, 0) is 41.5 Å². The van der Waals surface area contributed by atoms with Gasteiger partial charge in [0, 0.05) is 38.3 Å². The Morgan fingerprint density at radius 2 is 1.73 bits per heavy atom. The number of para-hydroxylation sites is 1. The molecule has 1 aromatic heterocycles. The number of likely N-dealkylation sites (tertiary alicyclic amines) is 1. The lowest BCUT2D eigenvalue weighted by atomic mass is 10.1. The van der Waals surface area contributed by atoms with Gasteiger partial charge < -0.3 is 19.1 Å². The number of nitrogens with zero attached hydrogens (tertiary/aromatic N) is 3. The fourth-order valence-electron chi connectivity index (χ4n) is 5.16. The summed E-state index contributed by atoms with van der Waals surface area (Å²) in [4.78, 5) is 20.4. The van der Waals surface area contributed by atoms with Gasteiger partial charge in [-0.1, -0.05) is 30.3 Å². The second-order valence-electron chi connectivity index (χ2n) is 9.61. The molecule has 14 heteroatoms.